The van der Waals surface area contributed by atoms with Crippen LogP contribution in [-0.4, -0.2) is 9.13 Å². The van der Waals surface area contributed by atoms with E-state index in [-0.39, 0.29) is 31.9 Å². The Morgan fingerprint density at radius 2 is 1.42 bits per heavy atom. The molecule has 0 atom stereocenters. The van der Waals surface area contributed by atoms with Gasteiger partial charge in [0.1, 0.15) is 0 Å². The molecule has 0 N–H and O–H groups in total. The van der Waals surface area contributed by atoms with Gasteiger partial charge in [0, 0.05) is 17.0 Å². The van der Waals surface area contributed by atoms with Gasteiger partial charge >= 0.3 is 21.1 Å². The summed E-state index contributed by atoms with van der Waals surface area (Å²) in [5.41, 5.74) is 9.71. The molecule has 0 amide bonds. The quantitative estimate of drug-likeness (QED) is 0.128. The Morgan fingerprint density at radius 1 is 0.673 bits per heavy atom. The van der Waals surface area contributed by atoms with E-state index in [0.29, 0.717) is 17.1 Å². The van der Waals surface area contributed by atoms with Gasteiger partial charge in [-0.2, -0.15) is 47.2 Å². The molecule has 0 saturated heterocycles. The SMILES string of the molecule is CC(C)(C)c1cc[c-]c(-n2c3[c-]c(Oc4[c-]c(-n5[c-][n+](-c6cccc(C(C)(C)C)c6)c6ccccc65)ccc4)ccc3c3cc(C#N)ccc32)c1.[Pt+4]. The molecule has 8 aromatic rings. The molecule has 0 saturated carbocycles. The minimum atomic E-state index is -0.0341. The summed E-state index contributed by atoms with van der Waals surface area (Å²) in [6.07, 6.45) is 3.59. The standard InChI is InChI=1S/C46H37N4O.Pt/c1-45(2,3)32-12-9-14-34(25-32)48-30-49(43-19-8-7-18-42(43)48)35-15-11-17-37(27-35)51-38-21-22-39-40-24-31(29-47)20-23-41(40)50(44(39)28-38)36-16-10-13-33(26-36)46(4,5)6;/h7-15,17-26H,1-6H3;/q-3;+4. The molecule has 2 aromatic heterocycles. The number of imidazole rings is 1. The fraction of sp³-hybridized carbons (Fsp3) is 0.174. The van der Waals surface area contributed by atoms with Crippen molar-refractivity contribution in [2.45, 2.75) is 52.4 Å². The zero-order chi connectivity index (χ0) is 35.5. The van der Waals surface area contributed by atoms with Crippen LogP contribution in [0.5, 0.6) is 11.5 Å². The maximum atomic E-state index is 9.69. The Kier molecular flexibility index (Phi) is 8.93. The van der Waals surface area contributed by atoms with Gasteiger partial charge in [-0.3, -0.25) is 4.57 Å². The van der Waals surface area contributed by atoms with Crippen LogP contribution in [0, 0.1) is 35.9 Å². The molecule has 0 bridgehead atoms. The number of aromatic nitrogens is 3. The second kappa shape index (κ2) is 13.3. The van der Waals surface area contributed by atoms with Crippen molar-refractivity contribution in [3.63, 3.8) is 0 Å². The minimum absolute atomic E-state index is 0. The van der Waals surface area contributed by atoms with Crippen molar-refractivity contribution in [1.82, 2.24) is 9.13 Å². The van der Waals surface area contributed by atoms with Gasteiger partial charge in [0.2, 0.25) is 0 Å². The number of rotatable bonds is 5. The van der Waals surface area contributed by atoms with Crippen LogP contribution in [0.4, 0.5) is 0 Å². The van der Waals surface area contributed by atoms with E-state index in [0.717, 1.165) is 49.9 Å². The first-order valence-corrected chi connectivity index (χ1v) is 17.2. The average Bonchev–Trinajstić information content (AvgIpc) is 3.67. The summed E-state index contributed by atoms with van der Waals surface area (Å²) in [6.45, 7) is 13.3. The zero-order valence-corrected chi connectivity index (χ0v) is 32.3. The third-order valence-corrected chi connectivity index (χ3v) is 9.42. The third kappa shape index (κ3) is 6.33. The number of fused-ring (bicyclic) bond motifs is 4. The van der Waals surface area contributed by atoms with E-state index in [2.05, 4.69) is 136 Å². The Hall–Kier alpha value is -5.43. The zero-order valence-electron chi connectivity index (χ0n) is 30.0. The van der Waals surface area contributed by atoms with Crippen LogP contribution in [0.3, 0.4) is 0 Å². The fourth-order valence-electron chi connectivity index (χ4n) is 6.64. The number of hydrogen-bond donors (Lipinski definition) is 0. The number of para-hydroxylation sites is 2. The van der Waals surface area contributed by atoms with Crippen molar-refractivity contribution in [3.8, 4) is 34.6 Å². The summed E-state index contributed by atoms with van der Waals surface area (Å²) in [6, 6.07) is 51.7. The van der Waals surface area contributed by atoms with Gasteiger partial charge in [-0.25, -0.2) is 0 Å². The number of nitrogens with zero attached hydrogens (tertiary/aromatic N) is 4. The van der Waals surface area contributed by atoms with Crippen LogP contribution in [0.15, 0.2) is 115 Å². The van der Waals surface area contributed by atoms with Gasteiger partial charge in [-0.1, -0.05) is 89.1 Å². The Morgan fingerprint density at radius 3 is 2.21 bits per heavy atom. The van der Waals surface area contributed by atoms with E-state index < -0.39 is 0 Å². The fourth-order valence-corrected chi connectivity index (χ4v) is 6.64. The van der Waals surface area contributed by atoms with Crippen molar-refractivity contribution < 1.29 is 30.4 Å². The predicted molar refractivity (Wildman–Crippen MR) is 203 cm³/mol. The molecular weight excluding hydrogens is 820 g/mol. The molecule has 0 radical (unpaired) electrons. The van der Waals surface area contributed by atoms with Crippen LogP contribution < -0.4 is 9.30 Å². The summed E-state index contributed by atoms with van der Waals surface area (Å²) in [5, 5.41) is 11.6. The third-order valence-electron chi connectivity index (χ3n) is 9.42. The van der Waals surface area contributed by atoms with Crippen molar-refractivity contribution in [2.75, 3.05) is 0 Å². The summed E-state index contributed by atoms with van der Waals surface area (Å²) < 4.78 is 12.8. The van der Waals surface area contributed by atoms with E-state index in [9.17, 15) is 5.26 Å². The predicted octanol–water partition coefficient (Wildman–Crippen LogP) is 10.5. The number of hydrogen-bond acceptors (Lipinski definition) is 2. The Bertz CT molecular complexity index is 2660. The maximum absolute atomic E-state index is 9.69. The first-order valence-electron chi connectivity index (χ1n) is 17.2. The van der Waals surface area contributed by atoms with E-state index >= 15 is 0 Å². The maximum Gasteiger partial charge on any atom is 4.00 e. The van der Waals surface area contributed by atoms with Gasteiger partial charge in [-0.15, -0.1) is 35.7 Å². The molecule has 0 aliphatic carbocycles. The molecule has 0 aliphatic rings. The van der Waals surface area contributed by atoms with Crippen LogP contribution in [0.1, 0.15) is 58.2 Å². The monoisotopic (exact) mass is 856 g/mol. The molecule has 52 heavy (non-hydrogen) atoms. The van der Waals surface area contributed by atoms with Crippen LogP contribution in [-0.2, 0) is 31.9 Å². The van der Waals surface area contributed by atoms with E-state index in [1.807, 2.05) is 65.2 Å². The molecule has 8 rings (SSSR count). The van der Waals surface area contributed by atoms with Crippen molar-refractivity contribution >= 4 is 32.8 Å². The summed E-state index contributed by atoms with van der Waals surface area (Å²) in [7, 11) is 0. The summed E-state index contributed by atoms with van der Waals surface area (Å²) in [5.74, 6) is 1.12. The summed E-state index contributed by atoms with van der Waals surface area (Å²) in [4.78, 5) is 0. The van der Waals surface area contributed by atoms with Gasteiger partial charge in [0.05, 0.1) is 28.4 Å². The van der Waals surface area contributed by atoms with E-state index in [4.69, 9.17) is 4.74 Å². The molecule has 0 unspecified atom stereocenters. The molecule has 6 heteroatoms. The van der Waals surface area contributed by atoms with Gasteiger partial charge in [0.15, 0.2) is 0 Å². The Labute approximate surface area is 319 Å². The minimum Gasteiger partial charge on any atom is -0.510 e. The largest absolute Gasteiger partial charge is 4.00 e. The number of benzene rings is 6. The molecule has 2 heterocycles. The van der Waals surface area contributed by atoms with Gasteiger partial charge in [0.25, 0.3) is 6.33 Å². The van der Waals surface area contributed by atoms with E-state index in [1.54, 1.807) is 0 Å². The first kappa shape index (κ1) is 35.0. The topological polar surface area (TPSA) is 46.8 Å². The molecule has 256 valence electrons. The first-order chi connectivity index (χ1) is 24.5. The summed E-state index contributed by atoms with van der Waals surface area (Å²) >= 11 is 0. The van der Waals surface area contributed by atoms with Crippen molar-refractivity contribution in [1.29, 1.82) is 5.26 Å². The van der Waals surface area contributed by atoms with E-state index in [1.165, 1.54) is 11.1 Å². The van der Waals surface area contributed by atoms with Crippen LogP contribution >= 0.6 is 0 Å². The number of ether oxygens (including phenoxy) is 1. The molecular formula is C46H37N4OPt+. The normalized spacial score (nSPS) is 11.9. The van der Waals surface area contributed by atoms with Gasteiger partial charge in [-0.05, 0) is 57.8 Å². The molecule has 0 fully saturated rings. The van der Waals surface area contributed by atoms with Crippen molar-refractivity contribution in [3.05, 3.63) is 156 Å². The van der Waals surface area contributed by atoms with Crippen molar-refractivity contribution in [2.24, 2.45) is 0 Å². The molecule has 0 aliphatic heterocycles. The number of nitriles is 1. The second-order valence-corrected chi connectivity index (χ2v) is 15.0. The molecule has 5 nitrogen and oxygen atoms in total. The average molecular weight is 857 g/mol. The molecule has 6 aromatic carbocycles. The second-order valence-electron chi connectivity index (χ2n) is 15.0. The molecule has 0 spiro atoms. The smallest absolute Gasteiger partial charge is 0.510 e. The Balaban J connectivity index is 0.00000420. The van der Waals surface area contributed by atoms with Crippen LogP contribution in [0.25, 0.3) is 49.9 Å². The van der Waals surface area contributed by atoms with Gasteiger partial charge < -0.3 is 13.9 Å². The van der Waals surface area contributed by atoms with Crippen LogP contribution in [0.2, 0.25) is 0 Å².